The SMILES string of the molecule is CNc1ccc(N2CCCC(OC)C2)c(F)c1.Cc1ccc(N2CCOc3c(C=O)cccc32)nc1. The Hall–Kier alpha value is -3.65. The number of fused-ring (bicyclic) bond motifs is 1. The first kappa shape index (κ1) is 25.4. The standard InChI is InChI=1S/C15H14N2O2.C13H19FN2O/c1-11-5-6-14(16-9-11)17-7-8-19-15-12(10-18)3-2-4-13(15)17;1-15-10-5-6-13(12(14)8-10)16-7-3-4-11(9-16)17-2/h2-6,9-10H,7-8H2,1H3;5-6,8,11,15H,3-4,7,9H2,1-2H3. The third-order valence-electron chi connectivity index (χ3n) is 6.46. The first-order valence-corrected chi connectivity index (χ1v) is 12.2. The monoisotopic (exact) mass is 492 g/mol. The molecule has 36 heavy (non-hydrogen) atoms. The van der Waals surface area contributed by atoms with E-state index in [2.05, 4.69) is 20.1 Å². The van der Waals surface area contributed by atoms with E-state index in [0.717, 1.165) is 61.5 Å². The van der Waals surface area contributed by atoms with Gasteiger partial charge in [-0.15, -0.1) is 0 Å². The summed E-state index contributed by atoms with van der Waals surface area (Å²) < 4.78 is 24.9. The number of pyridine rings is 1. The molecule has 8 heteroatoms. The summed E-state index contributed by atoms with van der Waals surface area (Å²) in [5.41, 5.74) is 4.07. The summed E-state index contributed by atoms with van der Waals surface area (Å²) >= 11 is 0. The zero-order chi connectivity index (χ0) is 25.5. The lowest BCUT2D eigenvalue weighted by atomic mass is 10.1. The molecule has 0 amide bonds. The van der Waals surface area contributed by atoms with Crippen LogP contribution in [0.4, 0.5) is 27.3 Å². The predicted molar refractivity (Wildman–Crippen MR) is 141 cm³/mol. The number of aryl methyl sites for hydroxylation is 1. The number of ether oxygens (including phenoxy) is 2. The van der Waals surface area contributed by atoms with Gasteiger partial charge < -0.3 is 24.6 Å². The molecule has 0 aliphatic carbocycles. The van der Waals surface area contributed by atoms with Gasteiger partial charge in [0.05, 0.1) is 29.6 Å². The summed E-state index contributed by atoms with van der Waals surface area (Å²) in [6, 6.07) is 14.8. The Kier molecular flexibility index (Phi) is 8.38. The van der Waals surface area contributed by atoms with E-state index in [1.807, 2.05) is 49.5 Å². The molecule has 5 rings (SSSR count). The molecule has 0 spiro atoms. The Labute approximate surface area is 211 Å². The number of piperidine rings is 1. The smallest absolute Gasteiger partial charge is 0.153 e. The van der Waals surface area contributed by atoms with Gasteiger partial charge in [0.15, 0.2) is 12.0 Å². The van der Waals surface area contributed by atoms with Crippen LogP contribution in [0.3, 0.4) is 0 Å². The summed E-state index contributed by atoms with van der Waals surface area (Å²) in [6.45, 7) is 4.95. The molecule has 0 radical (unpaired) electrons. The van der Waals surface area contributed by atoms with Crippen LogP contribution in [0.25, 0.3) is 0 Å². The van der Waals surface area contributed by atoms with Crippen LogP contribution < -0.4 is 19.9 Å². The second kappa shape index (κ2) is 11.9. The summed E-state index contributed by atoms with van der Waals surface area (Å²) in [5.74, 6) is 1.35. The van der Waals surface area contributed by atoms with Gasteiger partial charge in [0, 0.05) is 39.1 Å². The minimum Gasteiger partial charge on any atom is -0.489 e. The van der Waals surface area contributed by atoms with Crippen LogP contribution in [-0.2, 0) is 4.74 Å². The van der Waals surface area contributed by atoms with Crippen LogP contribution in [0, 0.1) is 12.7 Å². The maximum Gasteiger partial charge on any atom is 0.153 e. The minimum absolute atomic E-state index is 0.173. The van der Waals surface area contributed by atoms with E-state index >= 15 is 0 Å². The molecular weight excluding hydrogens is 459 g/mol. The number of carbonyl (C=O) groups is 1. The Bertz CT molecular complexity index is 1170. The van der Waals surface area contributed by atoms with Crippen molar-refractivity contribution in [3.63, 3.8) is 0 Å². The molecule has 0 saturated carbocycles. The third kappa shape index (κ3) is 5.76. The van der Waals surface area contributed by atoms with Crippen molar-refractivity contribution in [1.82, 2.24) is 4.98 Å². The number of para-hydroxylation sites is 1. The fraction of sp³-hybridized carbons (Fsp3) is 0.357. The van der Waals surface area contributed by atoms with Gasteiger partial charge >= 0.3 is 0 Å². The number of aldehydes is 1. The Morgan fingerprint density at radius 1 is 1.17 bits per heavy atom. The van der Waals surface area contributed by atoms with E-state index in [0.29, 0.717) is 23.6 Å². The van der Waals surface area contributed by atoms with E-state index in [1.54, 1.807) is 20.2 Å². The highest BCUT2D eigenvalue weighted by atomic mass is 19.1. The molecule has 1 saturated heterocycles. The summed E-state index contributed by atoms with van der Waals surface area (Å²) in [6.07, 6.45) is 4.99. The second-order valence-corrected chi connectivity index (χ2v) is 8.87. The summed E-state index contributed by atoms with van der Waals surface area (Å²) in [5, 5.41) is 2.93. The summed E-state index contributed by atoms with van der Waals surface area (Å²) in [4.78, 5) is 19.6. The molecular formula is C28H33FN4O3. The molecule has 2 aliphatic rings. The minimum atomic E-state index is -0.173. The number of methoxy groups -OCH3 is 1. The van der Waals surface area contributed by atoms with Crippen LogP contribution in [0.5, 0.6) is 5.75 Å². The number of aromatic nitrogens is 1. The van der Waals surface area contributed by atoms with Gasteiger partial charge in [-0.25, -0.2) is 9.37 Å². The third-order valence-corrected chi connectivity index (χ3v) is 6.46. The van der Waals surface area contributed by atoms with Crippen LogP contribution in [-0.4, -0.2) is 57.8 Å². The Morgan fingerprint density at radius 3 is 2.72 bits per heavy atom. The van der Waals surface area contributed by atoms with E-state index in [-0.39, 0.29) is 11.9 Å². The van der Waals surface area contributed by atoms with E-state index in [9.17, 15) is 9.18 Å². The zero-order valence-electron chi connectivity index (χ0n) is 21.0. The maximum atomic E-state index is 13.9. The van der Waals surface area contributed by atoms with Crippen molar-refractivity contribution >= 4 is 29.2 Å². The molecule has 1 fully saturated rings. The van der Waals surface area contributed by atoms with Crippen molar-refractivity contribution in [1.29, 1.82) is 0 Å². The Morgan fingerprint density at radius 2 is 2.03 bits per heavy atom. The van der Waals surface area contributed by atoms with Crippen molar-refractivity contribution in [2.75, 3.05) is 55.5 Å². The predicted octanol–water partition coefficient (Wildman–Crippen LogP) is 5.22. The van der Waals surface area contributed by atoms with Gasteiger partial charge in [-0.1, -0.05) is 12.1 Å². The Balaban J connectivity index is 0.000000170. The largest absolute Gasteiger partial charge is 0.489 e. The number of halogens is 1. The fourth-order valence-corrected chi connectivity index (χ4v) is 4.49. The number of rotatable bonds is 5. The first-order valence-electron chi connectivity index (χ1n) is 12.2. The number of nitrogens with zero attached hydrogens (tertiary/aromatic N) is 3. The number of nitrogens with one attached hydrogen (secondary N) is 1. The van der Waals surface area contributed by atoms with Gasteiger partial charge in [-0.05, 0) is 61.7 Å². The molecule has 1 N–H and O–H groups in total. The highest BCUT2D eigenvalue weighted by Crippen LogP contribution is 2.37. The quantitative estimate of drug-likeness (QED) is 0.490. The van der Waals surface area contributed by atoms with Gasteiger partial charge in [-0.3, -0.25) is 4.79 Å². The van der Waals surface area contributed by atoms with Crippen molar-refractivity contribution in [2.24, 2.45) is 0 Å². The fourth-order valence-electron chi connectivity index (χ4n) is 4.49. The molecule has 0 bridgehead atoms. The lowest BCUT2D eigenvalue weighted by Gasteiger charge is -2.33. The number of carbonyl (C=O) groups excluding carboxylic acids is 1. The molecule has 3 heterocycles. The van der Waals surface area contributed by atoms with Crippen LogP contribution in [0.15, 0.2) is 54.7 Å². The van der Waals surface area contributed by atoms with Crippen LogP contribution in [0.2, 0.25) is 0 Å². The summed E-state index contributed by atoms with van der Waals surface area (Å²) in [7, 11) is 3.50. The number of hydrogen-bond donors (Lipinski definition) is 1. The lowest BCUT2D eigenvalue weighted by molar-refractivity contribution is 0.0892. The first-order chi connectivity index (χ1) is 17.5. The normalized spacial score (nSPS) is 16.8. The van der Waals surface area contributed by atoms with Crippen molar-refractivity contribution in [3.05, 3.63) is 71.7 Å². The molecule has 2 aromatic carbocycles. The number of anilines is 4. The van der Waals surface area contributed by atoms with E-state index in [1.165, 1.54) is 6.07 Å². The van der Waals surface area contributed by atoms with Gasteiger partial charge in [0.2, 0.25) is 0 Å². The van der Waals surface area contributed by atoms with E-state index < -0.39 is 0 Å². The van der Waals surface area contributed by atoms with Gasteiger partial charge in [0.25, 0.3) is 0 Å². The topological polar surface area (TPSA) is 66.9 Å². The van der Waals surface area contributed by atoms with Crippen molar-refractivity contribution in [3.8, 4) is 5.75 Å². The maximum absolute atomic E-state index is 13.9. The molecule has 2 aliphatic heterocycles. The van der Waals surface area contributed by atoms with Crippen LogP contribution >= 0.6 is 0 Å². The molecule has 1 aromatic heterocycles. The average Bonchev–Trinajstić information content (AvgIpc) is 2.93. The molecule has 1 atom stereocenters. The van der Waals surface area contributed by atoms with E-state index in [4.69, 9.17) is 9.47 Å². The molecule has 1 unspecified atom stereocenters. The van der Waals surface area contributed by atoms with Gasteiger partial charge in [-0.2, -0.15) is 0 Å². The molecule has 7 nitrogen and oxygen atoms in total. The highest BCUT2D eigenvalue weighted by molar-refractivity contribution is 5.85. The van der Waals surface area contributed by atoms with Gasteiger partial charge in [0.1, 0.15) is 18.2 Å². The number of hydrogen-bond acceptors (Lipinski definition) is 7. The van der Waals surface area contributed by atoms with Crippen molar-refractivity contribution in [2.45, 2.75) is 25.9 Å². The second-order valence-electron chi connectivity index (χ2n) is 8.87. The average molecular weight is 493 g/mol. The molecule has 190 valence electrons. The van der Waals surface area contributed by atoms with Crippen molar-refractivity contribution < 1.29 is 18.7 Å². The molecule has 3 aromatic rings. The number of benzene rings is 2. The zero-order valence-corrected chi connectivity index (χ0v) is 21.0. The van der Waals surface area contributed by atoms with Crippen LogP contribution in [0.1, 0.15) is 28.8 Å². The lowest BCUT2D eigenvalue weighted by Crippen LogP contribution is -2.39. The highest BCUT2D eigenvalue weighted by Gasteiger charge is 2.23.